The summed E-state index contributed by atoms with van der Waals surface area (Å²) in [6.45, 7) is 4.32. The SMILES string of the molecule is CN=C(C)C1=C(C)CCC1. The lowest BCUT2D eigenvalue weighted by Crippen LogP contribution is -1.95. The first kappa shape index (κ1) is 7.52. The van der Waals surface area contributed by atoms with Crippen LogP contribution in [0.5, 0.6) is 0 Å². The van der Waals surface area contributed by atoms with E-state index in [0.717, 1.165) is 0 Å². The van der Waals surface area contributed by atoms with Gasteiger partial charge >= 0.3 is 0 Å². The van der Waals surface area contributed by atoms with Gasteiger partial charge in [0.1, 0.15) is 0 Å². The van der Waals surface area contributed by atoms with Gasteiger partial charge < -0.3 is 0 Å². The third-order valence-corrected chi connectivity index (χ3v) is 2.27. The molecule has 0 bridgehead atoms. The number of rotatable bonds is 1. The van der Waals surface area contributed by atoms with E-state index in [0.29, 0.717) is 0 Å². The Morgan fingerprint density at radius 1 is 1.40 bits per heavy atom. The summed E-state index contributed by atoms with van der Waals surface area (Å²) >= 11 is 0. The van der Waals surface area contributed by atoms with Gasteiger partial charge in [0.25, 0.3) is 0 Å². The first-order valence-corrected chi connectivity index (χ1v) is 3.88. The third kappa shape index (κ3) is 1.28. The van der Waals surface area contributed by atoms with Crippen molar-refractivity contribution in [2.75, 3.05) is 7.05 Å². The zero-order valence-electron chi connectivity index (χ0n) is 7.07. The fourth-order valence-electron chi connectivity index (χ4n) is 1.52. The Labute approximate surface area is 62.9 Å². The van der Waals surface area contributed by atoms with Gasteiger partial charge in [0.2, 0.25) is 0 Å². The summed E-state index contributed by atoms with van der Waals surface area (Å²) in [5, 5.41) is 0. The maximum Gasteiger partial charge on any atom is 0.0345 e. The Morgan fingerprint density at radius 3 is 2.50 bits per heavy atom. The number of hydrogen-bond donors (Lipinski definition) is 0. The first-order chi connectivity index (χ1) is 4.75. The lowest BCUT2D eigenvalue weighted by Gasteiger charge is -2.00. The van der Waals surface area contributed by atoms with Crippen molar-refractivity contribution in [2.24, 2.45) is 4.99 Å². The molecule has 0 unspecified atom stereocenters. The second kappa shape index (κ2) is 3.00. The molecule has 0 heterocycles. The van der Waals surface area contributed by atoms with Gasteiger partial charge in [0, 0.05) is 12.8 Å². The molecule has 0 fully saturated rings. The van der Waals surface area contributed by atoms with Crippen LogP contribution in [0.2, 0.25) is 0 Å². The quantitative estimate of drug-likeness (QED) is 0.492. The molecule has 0 saturated carbocycles. The molecule has 0 radical (unpaired) electrons. The van der Waals surface area contributed by atoms with Crippen LogP contribution >= 0.6 is 0 Å². The van der Waals surface area contributed by atoms with E-state index in [4.69, 9.17) is 0 Å². The average molecular weight is 137 g/mol. The van der Waals surface area contributed by atoms with Gasteiger partial charge in [0.15, 0.2) is 0 Å². The minimum atomic E-state index is 1.23. The van der Waals surface area contributed by atoms with E-state index < -0.39 is 0 Å². The lowest BCUT2D eigenvalue weighted by molar-refractivity contribution is 0.901. The maximum absolute atomic E-state index is 4.18. The lowest BCUT2D eigenvalue weighted by atomic mass is 10.1. The largest absolute Gasteiger partial charge is 0.293 e. The molecular weight excluding hydrogens is 122 g/mol. The molecule has 1 heteroatoms. The fourth-order valence-corrected chi connectivity index (χ4v) is 1.52. The van der Waals surface area contributed by atoms with Crippen molar-refractivity contribution < 1.29 is 0 Å². The summed E-state index contributed by atoms with van der Waals surface area (Å²) < 4.78 is 0. The minimum absolute atomic E-state index is 1.23. The molecule has 0 aliphatic heterocycles. The molecule has 0 amide bonds. The summed E-state index contributed by atoms with van der Waals surface area (Å²) in [5.74, 6) is 0. The van der Waals surface area contributed by atoms with Gasteiger partial charge in [-0.3, -0.25) is 4.99 Å². The van der Waals surface area contributed by atoms with E-state index >= 15 is 0 Å². The van der Waals surface area contributed by atoms with E-state index in [1.165, 1.54) is 30.5 Å². The topological polar surface area (TPSA) is 12.4 Å². The van der Waals surface area contributed by atoms with E-state index in [9.17, 15) is 0 Å². The maximum atomic E-state index is 4.18. The van der Waals surface area contributed by atoms with E-state index in [1.807, 2.05) is 7.05 Å². The van der Waals surface area contributed by atoms with Crippen LogP contribution in [0.3, 0.4) is 0 Å². The summed E-state index contributed by atoms with van der Waals surface area (Å²) in [6, 6.07) is 0. The zero-order valence-corrected chi connectivity index (χ0v) is 7.07. The Kier molecular flexibility index (Phi) is 2.25. The first-order valence-electron chi connectivity index (χ1n) is 3.88. The van der Waals surface area contributed by atoms with Crippen LogP contribution in [0.15, 0.2) is 16.1 Å². The summed E-state index contributed by atoms with van der Waals surface area (Å²) in [5.41, 5.74) is 4.28. The molecule has 0 N–H and O–H groups in total. The van der Waals surface area contributed by atoms with Crippen LogP contribution in [-0.2, 0) is 0 Å². The van der Waals surface area contributed by atoms with Crippen molar-refractivity contribution in [3.8, 4) is 0 Å². The zero-order chi connectivity index (χ0) is 7.56. The molecule has 1 nitrogen and oxygen atoms in total. The summed E-state index contributed by atoms with van der Waals surface area (Å²) in [7, 11) is 1.87. The predicted octanol–water partition coefficient (Wildman–Crippen LogP) is 2.58. The van der Waals surface area contributed by atoms with Crippen LogP contribution in [0, 0.1) is 0 Å². The van der Waals surface area contributed by atoms with Crippen LogP contribution < -0.4 is 0 Å². The molecule has 1 aliphatic carbocycles. The van der Waals surface area contributed by atoms with Gasteiger partial charge in [-0.1, -0.05) is 5.57 Å². The number of nitrogens with zero attached hydrogens (tertiary/aromatic N) is 1. The Morgan fingerprint density at radius 2 is 2.10 bits per heavy atom. The molecule has 56 valence electrons. The fraction of sp³-hybridized carbons (Fsp3) is 0.667. The van der Waals surface area contributed by atoms with Crippen LogP contribution in [0.1, 0.15) is 33.1 Å². The smallest absolute Gasteiger partial charge is 0.0345 e. The highest BCUT2D eigenvalue weighted by Crippen LogP contribution is 2.26. The molecule has 0 spiro atoms. The van der Waals surface area contributed by atoms with Crippen molar-refractivity contribution in [3.05, 3.63) is 11.1 Å². The van der Waals surface area contributed by atoms with Crippen molar-refractivity contribution >= 4 is 5.71 Å². The molecule has 1 rings (SSSR count). The van der Waals surface area contributed by atoms with E-state index in [-0.39, 0.29) is 0 Å². The highest BCUT2D eigenvalue weighted by Gasteiger charge is 2.11. The van der Waals surface area contributed by atoms with Gasteiger partial charge in [-0.05, 0) is 38.7 Å². The second-order valence-corrected chi connectivity index (χ2v) is 2.92. The van der Waals surface area contributed by atoms with Crippen molar-refractivity contribution in [3.63, 3.8) is 0 Å². The molecule has 0 aromatic carbocycles. The van der Waals surface area contributed by atoms with Crippen molar-refractivity contribution in [1.82, 2.24) is 0 Å². The summed E-state index contributed by atoms with van der Waals surface area (Å²) in [6.07, 6.45) is 3.85. The molecule has 0 saturated heterocycles. The Balaban J connectivity index is 2.81. The van der Waals surface area contributed by atoms with Crippen LogP contribution in [0.25, 0.3) is 0 Å². The number of hydrogen-bond acceptors (Lipinski definition) is 1. The van der Waals surface area contributed by atoms with Gasteiger partial charge in [-0.25, -0.2) is 0 Å². The normalized spacial score (nSPS) is 20.5. The minimum Gasteiger partial charge on any atom is -0.293 e. The molecule has 10 heavy (non-hydrogen) atoms. The van der Waals surface area contributed by atoms with Crippen molar-refractivity contribution in [1.29, 1.82) is 0 Å². The van der Waals surface area contributed by atoms with Gasteiger partial charge in [0.05, 0.1) is 0 Å². The highest BCUT2D eigenvalue weighted by molar-refractivity contribution is 5.99. The molecule has 0 aromatic rings. The van der Waals surface area contributed by atoms with E-state index in [2.05, 4.69) is 18.8 Å². The number of aliphatic imine (C=N–C) groups is 1. The molecule has 0 aromatic heterocycles. The third-order valence-electron chi connectivity index (χ3n) is 2.27. The highest BCUT2D eigenvalue weighted by atomic mass is 14.7. The van der Waals surface area contributed by atoms with Gasteiger partial charge in [-0.15, -0.1) is 0 Å². The standard InChI is InChI=1S/C9H15N/c1-7-5-4-6-9(7)8(2)10-3/h4-6H2,1-3H3. The Hall–Kier alpha value is -0.590. The average Bonchev–Trinajstić information content (AvgIpc) is 2.34. The Bertz CT molecular complexity index is 187. The van der Waals surface area contributed by atoms with Crippen molar-refractivity contribution in [2.45, 2.75) is 33.1 Å². The van der Waals surface area contributed by atoms with Crippen LogP contribution in [0.4, 0.5) is 0 Å². The predicted molar refractivity (Wildman–Crippen MR) is 45.6 cm³/mol. The molecule has 1 aliphatic rings. The van der Waals surface area contributed by atoms with E-state index in [1.54, 1.807) is 5.57 Å². The monoisotopic (exact) mass is 137 g/mol. The van der Waals surface area contributed by atoms with Crippen LogP contribution in [-0.4, -0.2) is 12.8 Å². The molecule has 0 atom stereocenters. The summed E-state index contributed by atoms with van der Waals surface area (Å²) in [4.78, 5) is 4.18. The molecular formula is C9H15N. The van der Waals surface area contributed by atoms with Gasteiger partial charge in [-0.2, -0.15) is 0 Å². The second-order valence-electron chi connectivity index (χ2n) is 2.92. The number of allylic oxidation sites excluding steroid dienone is 2.